The van der Waals surface area contributed by atoms with Gasteiger partial charge in [0.05, 0.1) is 0 Å². The third kappa shape index (κ3) is 5.22. The average molecular weight is 234 g/mol. The number of para-hydroxylation sites is 1. The molecule has 0 aromatic heterocycles. The molecule has 0 aliphatic heterocycles. The van der Waals surface area contributed by atoms with Gasteiger partial charge in [-0.25, -0.2) is 0 Å². The maximum absolute atomic E-state index is 5.97. The number of nitrogens with one attached hydrogen (secondary N) is 1. The van der Waals surface area contributed by atoms with Crippen LogP contribution < -0.4 is 11.1 Å². The number of rotatable bonds is 6. The van der Waals surface area contributed by atoms with Crippen LogP contribution in [0, 0.1) is 0 Å². The fourth-order valence-electron chi connectivity index (χ4n) is 1.93. The largest absolute Gasteiger partial charge is 0.385 e. The van der Waals surface area contributed by atoms with Gasteiger partial charge >= 0.3 is 0 Å². The smallest absolute Gasteiger partial charge is 0.0375 e. The van der Waals surface area contributed by atoms with Gasteiger partial charge in [-0.2, -0.15) is 0 Å². The first-order valence-corrected chi connectivity index (χ1v) is 6.52. The van der Waals surface area contributed by atoms with Crippen LogP contribution in [0.2, 0.25) is 0 Å². The van der Waals surface area contributed by atoms with Crippen LogP contribution in [0.25, 0.3) is 0 Å². The lowest BCUT2D eigenvalue weighted by molar-refractivity contribution is 0.465. The van der Waals surface area contributed by atoms with Crippen LogP contribution in [0.5, 0.6) is 0 Å². The second-order valence-corrected chi connectivity index (χ2v) is 5.76. The number of hydrogen-bond donors (Lipinski definition) is 2. The highest BCUT2D eigenvalue weighted by Gasteiger charge is 2.10. The molecular weight excluding hydrogens is 208 g/mol. The summed E-state index contributed by atoms with van der Waals surface area (Å²) in [5.74, 6) is 0.560. The van der Waals surface area contributed by atoms with E-state index in [4.69, 9.17) is 5.73 Å². The van der Waals surface area contributed by atoms with Crippen molar-refractivity contribution in [2.75, 3.05) is 11.9 Å². The number of anilines is 1. The molecule has 0 radical (unpaired) electrons. The molecule has 0 heterocycles. The van der Waals surface area contributed by atoms with Gasteiger partial charge in [0.15, 0.2) is 0 Å². The summed E-state index contributed by atoms with van der Waals surface area (Å²) in [4.78, 5) is 0. The summed E-state index contributed by atoms with van der Waals surface area (Å²) in [6.45, 7) is 9.60. The summed E-state index contributed by atoms with van der Waals surface area (Å²) in [6, 6.07) is 8.54. The first-order valence-electron chi connectivity index (χ1n) is 6.52. The van der Waals surface area contributed by atoms with Crippen molar-refractivity contribution in [2.24, 2.45) is 5.73 Å². The molecule has 0 unspecified atom stereocenters. The Hall–Kier alpha value is -1.02. The summed E-state index contributed by atoms with van der Waals surface area (Å²) < 4.78 is 0. The molecule has 0 fully saturated rings. The van der Waals surface area contributed by atoms with Crippen LogP contribution in [-0.4, -0.2) is 12.1 Å². The maximum atomic E-state index is 5.97. The second-order valence-electron chi connectivity index (χ2n) is 5.76. The van der Waals surface area contributed by atoms with Crippen LogP contribution in [0.4, 0.5) is 5.69 Å². The van der Waals surface area contributed by atoms with Gasteiger partial charge in [-0.05, 0) is 44.2 Å². The van der Waals surface area contributed by atoms with Crippen molar-refractivity contribution in [3.05, 3.63) is 29.8 Å². The van der Waals surface area contributed by atoms with E-state index < -0.39 is 0 Å². The minimum Gasteiger partial charge on any atom is -0.385 e. The normalized spacial score (nSPS) is 11.9. The van der Waals surface area contributed by atoms with E-state index >= 15 is 0 Å². The Bertz CT molecular complexity index is 337. The van der Waals surface area contributed by atoms with Gasteiger partial charge in [0.25, 0.3) is 0 Å². The van der Waals surface area contributed by atoms with Crippen LogP contribution in [0.1, 0.15) is 52.0 Å². The Kier molecular flexibility index (Phi) is 5.01. The van der Waals surface area contributed by atoms with Crippen molar-refractivity contribution in [3.8, 4) is 0 Å². The molecule has 2 heteroatoms. The highest BCUT2D eigenvalue weighted by molar-refractivity contribution is 5.52. The number of nitrogens with two attached hydrogens (primary N) is 1. The minimum atomic E-state index is -0.0563. The average Bonchev–Trinajstić information content (AvgIpc) is 2.23. The van der Waals surface area contributed by atoms with Gasteiger partial charge in [-0.15, -0.1) is 0 Å². The zero-order valence-electron chi connectivity index (χ0n) is 11.6. The predicted molar refractivity (Wildman–Crippen MR) is 76.5 cm³/mol. The molecule has 1 rings (SSSR count). The van der Waals surface area contributed by atoms with Gasteiger partial charge in [0.2, 0.25) is 0 Å². The Morgan fingerprint density at radius 2 is 1.88 bits per heavy atom. The zero-order chi connectivity index (χ0) is 12.9. The third-order valence-electron chi connectivity index (χ3n) is 2.90. The Morgan fingerprint density at radius 3 is 2.47 bits per heavy atom. The molecule has 1 aromatic carbocycles. The molecule has 0 spiro atoms. The predicted octanol–water partition coefficient (Wildman–Crippen LogP) is 3.74. The van der Waals surface area contributed by atoms with Crippen molar-refractivity contribution >= 4 is 5.69 Å². The quantitative estimate of drug-likeness (QED) is 0.736. The molecule has 96 valence electrons. The summed E-state index contributed by atoms with van der Waals surface area (Å²) in [5.41, 5.74) is 8.56. The highest BCUT2D eigenvalue weighted by atomic mass is 14.9. The summed E-state index contributed by atoms with van der Waals surface area (Å²) in [7, 11) is 0. The summed E-state index contributed by atoms with van der Waals surface area (Å²) >= 11 is 0. The second kappa shape index (κ2) is 6.06. The molecule has 0 amide bonds. The van der Waals surface area contributed by atoms with Crippen LogP contribution in [-0.2, 0) is 0 Å². The lowest BCUT2D eigenvalue weighted by Crippen LogP contribution is -2.32. The Labute approximate surface area is 106 Å². The van der Waals surface area contributed by atoms with Crippen molar-refractivity contribution in [2.45, 2.75) is 52.0 Å². The van der Waals surface area contributed by atoms with E-state index in [2.05, 4.69) is 57.3 Å². The fraction of sp³-hybridized carbons (Fsp3) is 0.600. The van der Waals surface area contributed by atoms with Crippen LogP contribution in [0.15, 0.2) is 24.3 Å². The molecular formula is C15H26N2. The van der Waals surface area contributed by atoms with Crippen LogP contribution in [0.3, 0.4) is 0 Å². The highest BCUT2D eigenvalue weighted by Crippen LogP contribution is 2.23. The van der Waals surface area contributed by atoms with Crippen molar-refractivity contribution in [1.29, 1.82) is 0 Å². The molecule has 0 saturated carbocycles. The van der Waals surface area contributed by atoms with Crippen LogP contribution >= 0.6 is 0 Å². The van der Waals surface area contributed by atoms with E-state index in [-0.39, 0.29) is 5.54 Å². The first-order chi connectivity index (χ1) is 7.90. The van der Waals surface area contributed by atoms with E-state index in [1.807, 2.05) is 0 Å². The lowest BCUT2D eigenvalue weighted by Gasteiger charge is -2.19. The number of hydrogen-bond acceptors (Lipinski definition) is 2. The van der Waals surface area contributed by atoms with E-state index in [1.54, 1.807) is 0 Å². The molecule has 0 saturated heterocycles. The van der Waals surface area contributed by atoms with Gasteiger partial charge in [-0.3, -0.25) is 0 Å². The third-order valence-corrected chi connectivity index (χ3v) is 2.90. The first kappa shape index (κ1) is 14.0. The summed E-state index contributed by atoms with van der Waals surface area (Å²) in [5, 5.41) is 3.51. The lowest BCUT2D eigenvalue weighted by atomic mass is 9.99. The standard InChI is InChI=1S/C15H26N2/c1-12(2)13-8-5-6-9-14(13)17-11-7-10-15(3,4)16/h5-6,8-9,12,17H,7,10-11,16H2,1-4H3. The SMILES string of the molecule is CC(C)c1ccccc1NCCCC(C)(C)N. The molecule has 17 heavy (non-hydrogen) atoms. The van der Waals surface area contributed by atoms with E-state index in [9.17, 15) is 0 Å². The maximum Gasteiger partial charge on any atom is 0.0375 e. The minimum absolute atomic E-state index is 0.0563. The van der Waals surface area contributed by atoms with E-state index in [0.29, 0.717) is 5.92 Å². The van der Waals surface area contributed by atoms with Crippen molar-refractivity contribution in [1.82, 2.24) is 0 Å². The van der Waals surface area contributed by atoms with E-state index in [0.717, 1.165) is 19.4 Å². The summed E-state index contributed by atoms with van der Waals surface area (Å²) in [6.07, 6.45) is 2.15. The monoisotopic (exact) mass is 234 g/mol. The van der Waals surface area contributed by atoms with Gasteiger partial charge < -0.3 is 11.1 Å². The molecule has 0 aliphatic carbocycles. The number of benzene rings is 1. The Balaban J connectivity index is 2.47. The van der Waals surface area contributed by atoms with Crippen molar-refractivity contribution in [3.63, 3.8) is 0 Å². The molecule has 3 N–H and O–H groups in total. The molecule has 0 aliphatic rings. The fourth-order valence-corrected chi connectivity index (χ4v) is 1.93. The zero-order valence-corrected chi connectivity index (χ0v) is 11.6. The van der Waals surface area contributed by atoms with E-state index in [1.165, 1.54) is 11.3 Å². The molecule has 1 aromatic rings. The topological polar surface area (TPSA) is 38.0 Å². The molecule has 0 bridgehead atoms. The van der Waals surface area contributed by atoms with Crippen molar-refractivity contribution < 1.29 is 0 Å². The van der Waals surface area contributed by atoms with Gasteiger partial charge in [0.1, 0.15) is 0 Å². The van der Waals surface area contributed by atoms with Gasteiger partial charge in [0, 0.05) is 17.8 Å². The Morgan fingerprint density at radius 1 is 1.24 bits per heavy atom. The molecule has 0 atom stereocenters. The van der Waals surface area contributed by atoms with Gasteiger partial charge in [-0.1, -0.05) is 32.0 Å². The molecule has 2 nitrogen and oxygen atoms in total.